The summed E-state index contributed by atoms with van der Waals surface area (Å²) < 4.78 is 1.52. The van der Waals surface area contributed by atoms with Crippen LogP contribution in [0.2, 0.25) is 0 Å². The number of hydrogen-bond donors (Lipinski definition) is 3. The quantitative estimate of drug-likeness (QED) is 0.0287. The molecule has 0 amide bonds. The number of aldehydes is 1. The van der Waals surface area contributed by atoms with Crippen LogP contribution in [0, 0.1) is 0 Å². The lowest BCUT2D eigenvalue weighted by Crippen LogP contribution is -2.29. The van der Waals surface area contributed by atoms with E-state index < -0.39 is 5.97 Å². The molecule has 1 saturated heterocycles. The SMILES string of the molecule is Brc1cccc(-c2cccc(-c3ccccn3)n2)n1.NCc1ccccn1.O=C(CCN1CCCC1)c1cccc(Br)n1.O=C(O)CN(Cc1ccccn1)Cc1cccc(-c2cccc(-c3ccccn3)n2)n1.O=Cc1cccc(-c2cccc(-c3ccccn3)n2)n1.c1ccc(CNCc2cccc(-c3cccc(-c4ccccn4)n3)n2)nc1. The lowest BCUT2D eigenvalue weighted by Gasteiger charge is -2.19. The molecule has 16 aromatic rings. The fraction of sp³-hybridized carbons (Fsp3) is 0.126. The first-order chi connectivity index (χ1) is 59.4. The zero-order chi connectivity index (χ0) is 83.8. The van der Waals surface area contributed by atoms with E-state index in [2.05, 4.69) is 102 Å². The van der Waals surface area contributed by atoms with Crippen LogP contribution in [-0.2, 0) is 37.5 Å². The van der Waals surface area contributed by atoms with Gasteiger partial charge in [0.2, 0.25) is 0 Å². The van der Waals surface area contributed by atoms with E-state index in [1.807, 2.05) is 273 Å². The molecule has 17 rings (SSSR count). The number of carbonyl (C=O) groups is 3. The highest BCUT2D eigenvalue weighted by Gasteiger charge is 2.18. The largest absolute Gasteiger partial charge is 0.480 e. The van der Waals surface area contributed by atoms with Gasteiger partial charge in [0.25, 0.3) is 0 Å². The number of Topliss-reactive ketones (excluding diaryl/α,β-unsaturated/α-hetero) is 1. The van der Waals surface area contributed by atoms with Crippen molar-refractivity contribution in [3.8, 4) is 91.1 Å². The first-order valence-corrected chi connectivity index (χ1v) is 40.5. The summed E-state index contributed by atoms with van der Waals surface area (Å²) in [5.74, 6) is -0.759. The maximum Gasteiger partial charge on any atom is 0.317 e. The normalized spacial score (nSPS) is 11.3. The smallest absolute Gasteiger partial charge is 0.317 e. The van der Waals surface area contributed by atoms with Gasteiger partial charge in [-0.3, -0.25) is 54.2 Å². The molecule has 0 bridgehead atoms. The van der Waals surface area contributed by atoms with Gasteiger partial charge in [-0.15, -0.1) is 0 Å². The summed E-state index contributed by atoms with van der Waals surface area (Å²) in [5, 5.41) is 12.7. The minimum absolute atomic E-state index is 0.101. The maximum atomic E-state index is 11.8. The van der Waals surface area contributed by atoms with Crippen LogP contribution in [0.5, 0.6) is 0 Å². The van der Waals surface area contributed by atoms with Crippen LogP contribution in [0.1, 0.15) is 68.7 Å². The molecule has 1 aliphatic rings. The molecule has 0 unspecified atom stereocenters. The van der Waals surface area contributed by atoms with Crippen molar-refractivity contribution in [1.29, 1.82) is 0 Å². The zero-order valence-corrected chi connectivity index (χ0v) is 69.0. The van der Waals surface area contributed by atoms with Crippen molar-refractivity contribution >= 4 is 49.9 Å². The molecular weight excluding hydrogens is 1640 g/mol. The minimum Gasteiger partial charge on any atom is -0.480 e. The molecule has 0 aliphatic carbocycles. The van der Waals surface area contributed by atoms with Crippen molar-refractivity contribution in [2.75, 3.05) is 26.2 Å². The monoisotopic (exact) mass is 1730 g/mol. The fourth-order valence-corrected chi connectivity index (χ4v) is 12.9. The van der Waals surface area contributed by atoms with Crippen molar-refractivity contribution in [2.24, 2.45) is 5.73 Å². The number of hydrogen-bond acceptors (Lipinski definition) is 23. The van der Waals surface area contributed by atoms with Crippen LogP contribution in [-0.4, -0.2) is 139 Å². The van der Waals surface area contributed by atoms with Gasteiger partial charge in [-0.05, 0) is 252 Å². The Labute approximate surface area is 718 Å². The predicted octanol–water partition coefficient (Wildman–Crippen LogP) is 17.6. The highest BCUT2D eigenvalue weighted by molar-refractivity contribution is 9.10. The molecule has 24 nitrogen and oxygen atoms in total. The van der Waals surface area contributed by atoms with E-state index in [0.29, 0.717) is 56.2 Å². The number of nitrogens with zero attached hydrogens (tertiary/aromatic N) is 18. The zero-order valence-electron chi connectivity index (χ0n) is 65.9. The second-order valence-electron chi connectivity index (χ2n) is 26.8. The Kier molecular flexibility index (Phi) is 33.4. The Hall–Kier alpha value is -14.0. The Morgan fingerprint density at radius 2 is 0.686 bits per heavy atom. The lowest BCUT2D eigenvalue weighted by atomic mass is 10.2. The Bertz CT molecular complexity index is 5890. The second-order valence-corrected chi connectivity index (χ2v) is 28.4. The number of carboxylic acid groups (broad SMARTS) is 1. The van der Waals surface area contributed by atoms with Gasteiger partial charge in [0.1, 0.15) is 20.6 Å². The van der Waals surface area contributed by atoms with Crippen LogP contribution in [0.4, 0.5) is 0 Å². The van der Waals surface area contributed by atoms with Gasteiger partial charge in [-0.25, -0.2) is 44.9 Å². The number of carboxylic acids is 1. The van der Waals surface area contributed by atoms with E-state index in [0.717, 1.165) is 149 Å². The summed E-state index contributed by atoms with van der Waals surface area (Å²) in [5.41, 5.74) is 23.5. The van der Waals surface area contributed by atoms with E-state index >= 15 is 0 Å². The Morgan fingerprint density at radius 3 is 1.09 bits per heavy atom. The summed E-state index contributed by atoms with van der Waals surface area (Å²) in [4.78, 5) is 109. The van der Waals surface area contributed by atoms with Crippen molar-refractivity contribution < 1.29 is 19.5 Å². The Balaban J connectivity index is 0.000000137. The van der Waals surface area contributed by atoms with Gasteiger partial charge in [0.05, 0.1) is 126 Å². The molecule has 1 aliphatic heterocycles. The molecule has 4 N–H and O–H groups in total. The third-order valence-electron chi connectivity index (χ3n) is 18.0. The molecule has 0 radical (unpaired) electrons. The van der Waals surface area contributed by atoms with Gasteiger partial charge in [0.15, 0.2) is 12.1 Å². The van der Waals surface area contributed by atoms with Crippen molar-refractivity contribution in [3.05, 3.63) is 384 Å². The predicted molar refractivity (Wildman–Crippen MR) is 475 cm³/mol. The van der Waals surface area contributed by atoms with Gasteiger partial charge in [-0.2, -0.15) is 0 Å². The minimum atomic E-state index is -0.892. The fourth-order valence-electron chi connectivity index (χ4n) is 12.2. The number of ketones is 1. The molecule has 0 atom stereocenters. The van der Waals surface area contributed by atoms with Gasteiger partial charge >= 0.3 is 5.97 Å². The number of pyridine rings is 16. The molecular formula is C95H84Br2N20O4. The third-order valence-corrected chi connectivity index (χ3v) is 18.8. The molecule has 16 aromatic heterocycles. The number of rotatable bonds is 24. The van der Waals surface area contributed by atoms with Gasteiger partial charge in [0, 0.05) is 89.1 Å². The molecule has 0 aromatic carbocycles. The van der Waals surface area contributed by atoms with Crippen LogP contribution >= 0.6 is 31.9 Å². The van der Waals surface area contributed by atoms with Crippen LogP contribution in [0.25, 0.3) is 91.1 Å². The number of halogens is 2. The molecule has 26 heteroatoms. The molecule has 1 fully saturated rings. The van der Waals surface area contributed by atoms with Gasteiger partial charge in [-0.1, -0.05) is 97.1 Å². The number of nitrogens with one attached hydrogen (secondary N) is 1. The standard InChI is InChI=1S/C24H21N5O2.C22H19N5.C16H11N3O.C15H10BrN3.C12H15BrN2O.C6H8N2/c30-24(31)17-29(15-18-7-1-3-13-25-18)16-19-8-5-10-22(27-19)23-12-6-11-21(28-23)20-9-2-4-14-26-20;1-3-13-24-17(7-1)15-23-16-18-8-5-10-21(26-18)22-12-6-11-20(27-22)19-9-2-4-14-25-19;20-11-12-5-3-7-15(18-12)16-9-4-8-14(19-16)13-6-1-2-10-17-13;16-15-9-4-8-14(19-15)13-7-3-6-12(18-13)11-5-1-2-10-17-11;13-12-5-3-4-10(14-12)11(16)6-9-15-7-1-2-8-15;7-5-6-3-1-2-4-8-6/h1-14H,15-17H2,(H,30,31);1-14,23H,15-16H2;1-11H;1-10H;3-5H,1-2,6-9H2;1-4H,5,7H2. The lowest BCUT2D eigenvalue weighted by molar-refractivity contribution is -0.138. The average Bonchev–Trinajstić information content (AvgIpc) is 1.10. The molecule has 17 heterocycles. The summed E-state index contributed by atoms with van der Waals surface area (Å²) in [6.45, 7) is 5.76. The van der Waals surface area contributed by atoms with E-state index in [1.165, 1.54) is 12.8 Å². The average molecular weight is 1730 g/mol. The van der Waals surface area contributed by atoms with E-state index in [1.54, 1.807) is 66.5 Å². The molecule has 0 saturated carbocycles. The topological polar surface area (TPSA) is 322 Å². The number of likely N-dealkylation sites (tertiary alicyclic amines) is 1. The molecule has 602 valence electrons. The Morgan fingerprint density at radius 1 is 0.355 bits per heavy atom. The highest BCUT2D eigenvalue weighted by Crippen LogP contribution is 2.26. The van der Waals surface area contributed by atoms with Gasteiger partial charge < -0.3 is 21.1 Å². The maximum absolute atomic E-state index is 11.8. The van der Waals surface area contributed by atoms with Crippen LogP contribution < -0.4 is 11.1 Å². The number of aliphatic carboxylic acids is 1. The first kappa shape index (κ1) is 86.4. The van der Waals surface area contributed by atoms with Crippen molar-refractivity contribution in [2.45, 2.75) is 52.0 Å². The van der Waals surface area contributed by atoms with Crippen LogP contribution in [0.15, 0.2) is 344 Å². The summed E-state index contributed by atoms with van der Waals surface area (Å²) in [6, 6.07) is 91.6. The number of aromatic nitrogens is 16. The summed E-state index contributed by atoms with van der Waals surface area (Å²) >= 11 is 6.65. The number of nitrogens with two attached hydrogens (primary N) is 1. The summed E-state index contributed by atoms with van der Waals surface area (Å²) in [7, 11) is 0. The second kappa shape index (κ2) is 46.8. The van der Waals surface area contributed by atoms with E-state index in [4.69, 9.17) is 25.7 Å². The third kappa shape index (κ3) is 28.1. The van der Waals surface area contributed by atoms with Crippen molar-refractivity contribution in [3.63, 3.8) is 0 Å². The molecule has 0 spiro atoms. The van der Waals surface area contributed by atoms with Crippen molar-refractivity contribution in [1.82, 2.24) is 94.9 Å². The summed E-state index contributed by atoms with van der Waals surface area (Å²) in [6.07, 6.45) is 16.1. The van der Waals surface area contributed by atoms with E-state index in [9.17, 15) is 19.5 Å². The number of carbonyl (C=O) groups excluding carboxylic acids is 2. The first-order valence-electron chi connectivity index (χ1n) is 38.9. The van der Waals surface area contributed by atoms with E-state index in [-0.39, 0.29) is 12.3 Å². The molecule has 121 heavy (non-hydrogen) atoms. The highest BCUT2D eigenvalue weighted by atomic mass is 79.9. The van der Waals surface area contributed by atoms with Crippen LogP contribution in [0.3, 0.4) is 0 Å².